The number of methoxy groups -OCH3 is 1. The molecular weight excluding hydrogens is 544 g/mol. The molecule has 0 spiro atoms. The van der Waals surface area contributed by atoms with Crippen LogP contribution >= 0.6 is 0 Å². The molecule has 2 aromatic carbocycles. The summed E-state index contributed by atoms with van der Waals surface area (Å²) in [7, 11) is 5.72. The first kappa shape index (κ1) is 29.2. The Bertz CT molecular complexity index is 1430. The minimum Gasteiger partial charge on any atom is -0.494 e. The van der Waals surface area contributed by atoms with Crippen LogP contribution in [0.1, 0.15) is 24.4 Å². The molecule has 0 radical (unpaired) electrons. The molecule has 0 aliphatic carbocycles. The van der Waals surface area contributed by atoms with Crippen LogP contribution in [0.2, 0.25) is 0 Å². The molecule has 2 aliphatic rings. The van der Waals surface area contributed by atoms with Gasteiger partial charge in [0.15, 0.2) is 5.82 Å². The highest BCUT2D eigenvalue weighted by molar-refractivity contribution is 6.02. The lowest BCUT2D eigenvalue weighted by atomic mass is 10.0. The highest BCUT2D eigenvalue weighted by atomic mass is 19.1. The quantitative estimate of drug-likeness (QED) is 0.325. The van der Waals surface area contributed by atoms with Crippen LogP contribution in [-0.2, 0) is 9.63 Å². The molecule has 0 bridgehead atoms. The standard InChI is InChI=1S/C30H35F2N7O3/c1-5-30(40)36-23-13-24(27(41-4)14-26(23)38-8-6-19(17-38)16-37(2)3)35-28-15-29(34-18-33-28)39-25(7-9-42-39)20-10-21(31)12-22(32)11-20/h5,10-15,18-19,25H,1,6-9,16-17H2,2-4H3,(H,36,40)(H,33,34,35). The van der Waals surface area contributed by atoms with Gasteiger partial charge in [-0.25, -0.2) is 23.8 Å². The van der Waals surface area contributed by atoms with Gasteiger partial charge in [0, 0.05) is 44.3 Å². The third kappa shape index (κ3) is 6.60. The fourth-order valence-corrected chi connectivity index (χ4v) is 5.54. The number of ether oxygens (including phenoxy) is 1. The lowest BCUT2D eigenvalue weighted by Gasteiger charge is -2.25. The van der Waals surface area contributed by atoms with Crippen molar-refractivity contribution in [2.75, 3.05) is 68.0 Å². The van der Waals surface area contributed by atoms with E-state index in [9.17, 15) is 13.6 Å². The summed E-state index contributed by atoms with van der Waals surface area (Å²) in [5.74, 6) is 0.276. The van der Waals surface area contributed by atoms with Crippen molar-refractivity contribution in [2.24, 2.45) is 5.92 Å². The van der Waals surface area contributed by atoms with Gasteiger partial charge >= 0.3 is 0 Å². The average Bonchev–Trinajstić information content (AvgIpc) is 3.63. The molecule has 12 heteroatoms. The number of anilines is 5. The largest absolute Gasteiger partial charge is 0.494 e. The summed E-state index contributed by atoms with van der Waals surface area (Å²) in [4.78, 5) is 31.3. The molecule has 2 N–H and O–H groups in total. The highest BCUT2D eigenvalue weighted by Crippen LogP contribution is 2.41. The number of rotatable bonds is 10. The number of halogens is 2. The van der Waals surface area contributed by atoms with Gasteiger partial charge < -0.3 is 25.2 Å². The van der Waals surface area contributed by atoms with Crippen molar-refractivity contribution in [3.8, 4) is 5.75 Å². The number of benzene rings is 2. The maximum atomic E-state index is 13.9. The Labute approximate surface area is 243 Å². The van der Waals surface area contributed by atoms with Gasteiger partial charge in [-0.1, -0.05) is 6.58 Å². The van der Waals surface area contributed by atoms with Crippen LogP contribution in [0.25, 0.3) is 0 Å². The molecule has 3 heterocycles. The second-order valence-electron chi connectivity index (χ2n) is 10.7. The molecule has 10 nitrogen and oxygen atoms in total. The van der Waals surface area contributed by atoms with Crippen LogP contribution in [0.5, 0.6) is 5.75 Å². The first-order valence-corrected chi connectivity index (χ1v) is 13.8. The zero-order valence-electron chi connectivity index (χ0n) is 23.9. The van der Waals surface area contributed by atoms with Gasteiger partial charge in [-0.3, -0.25) is 9.63 Å². The van der Waals surface area contributed by atoms with Crippen LogP contribution in [0.3, 0.4) is 0 Å². The second-order valence-corrected chi connectivity index (χ2v) is 10.7. The van der Waals surface area contributed by atoms with Gasteiger partial charge in [-0.15, -0.1) is 0 Å². The Kier molecular flexibility index (Phi) is 8.83. The summed E-state index contributed by atoms with van der Waals surface area (Å²) in [6.45, 7) is 6.64. The lowest BCUT2D eigenvalue weighted by molar-refractivity contribution is -0.111. The number of aromatic nitrogens is 2. The van der Waals surface area contributed by atoms with Crippen molar-refractivity contribution in [3.63, 3.8) is 0 Å². The lowest BCUT2D eigenvalue weighted by Crippen LogP contribution is -2.26. The maximum Gasteiger partial charge on any atom is 0.247 e. The molecule has 222 valence electrons. The highest BCUT2D eigenvalue weighted by Gasteiger charge is 2.30. The van der Waals surface area contributed by atoms with Gasteiger partial charge in [-0.05, 0) is 56.3 Å². The monoisotopic (exact) mass is 579 g/mol. The van der Waals surface area contributed by atoms with Crippen molar-refractivity contribution >= 4 is 34.6 Å². The van der Waals surface area contributed by atoms with Crippen LogP contribution < -0.4 is 25.3 Å². The Morgan fingerprint density at radius 1 is 1.14 bits per heavy atom. The summed E-state index contributed by atoms with van der Waals surface area (Å²) in [6.07, 6.45) is 4.18. The van der Waals surface area contributed by atoms with Gasteiger partial charge in [-0.2, -0.15) is 0 Å². The molecule has 0 saturated carbocycles. The van der Waals surface area contributed by atoms with E-state index in [0.29, 0.717) is 53.3 Å². The zero-order chi connectivity index (χ0) is 29.8. The van der Waals surface area contributed by atoms with Crippen molar-refractivity contribution in [1.29, 1.82) is 0 Å². The van der Waals surface area contributed by atoms with Crippen molar-refractivity contribution in [2.45, 2.75) is 18.9 Å². The summed E-state index contributed by atoms with van der Waals surface area (Å²) >= 11 is 0. The third-order valence-electron chi connectivity index (χ3n) is 7.33. The van der Waals surface area contributed by atoms with E-state index in [1.807, 2.05) is 6.07 Å². The van der Waals surface area contributed by atoms with Gasteiger partial charge in [0.25, 0.3) is 0 Å². The summed E-state index contributed by atoms with van der Waals surface area (Å²) in [5, 5.41) is 7.73. The Morgan fingerprint density at radius 3 is 2.64 bits per heavy atom. The minimum absolute atomic E-state index is 0.327. The van der Waals surface area contributed by atoms with E-state index in [4.69, 9.17) is 9.57 Å². The average molecular weight is 580 g/mol. The molecule has 2 atom stereocenters. The topological polar surface area (TPSA) is 95.1 Å². The number of hydroxylamine groups is 1. The number of hydrogen-bond donors (Lipinski definition) is 2. The fraction of sp³-hybridized carbons (Fsp3) is 0.367. The van der Waals surface area contributed by atoms with E-state index < -0.39 is 17.7 Å². The van der Waals surface area contributed by atoms with E-state index >= 15 is 0 Å². The fourth-order valence-electron chi connectivity index (χ4n) is 5.54. The van der Waals surface area contributed by atoms with Crippen LogP contribution in [-0.4, -0.2) is 68.2 Å². The van der Waals surface area contributed by atoms with Crippen LogP contribution in [0.4, 0.5) is 37.5 Å². The Hall–Kier alpha value is -4.29. The maximum absolute atomic E-state index is 13.9. The molecule has 2 saturated heterocycles. The number of carbonyl (C=O) groups excluding carboxylic acids is 1. The van der Waals surface area contributed by atoms with Crippen LogP contribution in [0, 0.1) is 17.6 Å². The number of hydrogen-bond acceptors (Lipinski definition) is 9. The summed E-state index contributed by atoms with van der Waals surface area (Å²) < 4.78 is 33.6. The van der Waals surface area contributed by atoms with Crippen molar-refractivity contribution in [1.82, 2.24) is 14.9 Å². The van der Waals surface area contributed by atoms with E-state index in [0.717, 1.165) is 37.8 Å². The van der Waals surface area contributed by atoms with Crippen LogP contribution in [0.15, 0.2) is 55.4 Å². The van der Waals surface area contributed by atoms with E-state index in [2.05, 4.69) is 51.1 Å². The predicted octanol–water partition coefficient (Wildman–Crippen LogP) is 4.90. The SMILES string of the molecule is C=CC(=O)Nc1cc(Nc2cc(N3OCCC3c3cc(F)cc(F)c3)ncn2)c(OC)cc1N1CCC(CN(C)C)C1. The molecule has 42 heavy (non-hydrogen) atoms. The molecule has 5 rings (SSSR count). The summed E-state index contributed by atoms with van der Waals surface area (Å²) in [5.41, 5.74) is 2.49. The molecule has 1 aromatic heterocycles. The number of amides is 1. The Balaban J connectivity index is 1.43. The minimum atomic E-state index is -0.654. The van der Waals surface area contributed by atoms with Crippen molar-refractivity contribution in [3.05, 3.63) is 72.6 Å². The van der Waals surface area contributed by atoms with Crippen molar-refractivity contribution < 1.29 is 23.1 Å². The van der Waals surface area contributed by atoms with Gasteiger partial charge in [0.1, 0.15) is 29.5 Å². The third-order valence-corrected chi connectivity index (χ3v) is 7.33. The molecule has 2 fully saturated rings. The second kappa shape index (κ2) is 12.7. The number of nitrogens with one attached hydrogen (secondary N) is 2. The van der Waals surface area contributed by atoms with E-state index in [1.54, 1.807) is 19.2 Å². The van der Waals surface area contributed by atoms with E-state index in [-0.39, 0.29) is 5.91 Å². The molecule has 2 unspecified atom stereocenters. The molecule has 1 amide bonds. The van der Waals surface area contributed by atoms with Gasteiger partial charge in [0.2, 0.25) is 5.91 Å². The molecule has 2 aliphatic heterocycles. The van der Waals surface area contributed by atoms with Gasteiger partial charge in [0.05, 0.1) is 36.8 Å². The normalized spacial score (nSPS) is 18.4. The molecule has 3 aromatic rings. The number of carbonyl (C=O) groups is 1. The molecular formula is C30H35F2N7O3. The number of nitrogens with zero attached hydrogens (tertiary/aromatic N) is 5. The first-order chi connectivity index (χ1) is 20.2. The predicted molar refractivity (Wildman–Crippen MR) is 158 cm³/mol. The van der Waals surface area contributed by atoms with E-state index in [1.165, 1.54) is 29.6 Å². The smallest absolute Gasteiger partial charge is 0.247 e. The zero-order valence-corrected chi connectivity index (χ0v) is 23.9. The first-order valence-electron chi connectivity index (χ1n) is 13.8. The Morgan fingerprint density at radius 2 is 1.93 bits per heavy atom. The summed E-state index contributed by atoms with van der Waals surface area (Å²) in [6, 6.07) is 8.39.